The van der Waals surface area contributed by atoms with Crippen molar-refractivity contribution in [1.29, 1.82) is 0 Å². The Labute approximate surface area is 129 Å². The number of carbonyl (C=O) groups excluding carboxylic acids is 2. The lowest BCUT2D eigenvalue weighted by Gasteiger charge is -2.28. The van der Waals surface area contributed by atoms with E-state index in [0.717, 1.165) is 18.4 Å². The summed E-state index contributed by atoms with van der Waals surface area (Å²) in [6.45, 7) is 2.46. The van der Waals surface area contributed by atoms with Crippen LogP contribution in [-0.4, -0.2) is 41.0 Å². The minimum atomic E-state index is -0.532. The third kappa shape index (κ3) is 2.52. The fourth-order valence-corrected chi connectivity index (χ4v) is 3.19. The van der Waals surface area contributed by atoms with Gasteiger partial charge >= 0.3 is 0 Å². The summed E-state index contributed by atoms with van der Waals surface area (Å²) >= 11 is 0. The van der Waals surface area contributed by atoms with Gasteiger partial charge in [-0.15, -0.1) is 0 Å². The number of hydrogen-bond donors (Lipinski definition) is 1. The molecule has 0 radical (unpaired) electrons. The van der Waals surface area contributed by atoms with E-state index in [1.807, 2.05) is 30.3 Å². The Morgan fingerprint density at radius 1 is 1.36 bits per heavy atom. The number of aliphatic hydroxyl groups excluding tert-OH is 1. The number of carbonyl (C=O) groups is 2. The fourth-order valence-electron chi connectivity index (χ4n) is 3.19. The molecule has 0 saturated carbocycles. The van der Waals surface area contributed by atoms with Gasteiger partial charge in [0.25, 0.3) is 5.91 Å². The largest absolute Gasteiger partial charge is 0.503 e. The van der Waals surface area contributed by atoms with Gasteiger partial charge in [0.15, 0.2) is 11.5 Å². The number of Topliss-reactive ketones (excluding diaryl/α,β-unsaturated/α-hetero) is 1. The van der Waals surface area contributed by atoms with E-state index in [-0.39, 0.29) is 17.5 Å². The SMILES string of the molecule is CC(=O)C1=C(O)C(=O)N(CC2CCCO2)C1c1ccccc1. The summed E-state index contributed by atoms with van der Waals surface area (Å²) in [4.78, 5) is 25.9. The van der Waals surface area contributed by atoms with Crippen LogP contribution < -0.4 is 0 Å². The monoisotopic (exact) mass is 301 g/mol. The molecule has 2 atom stereocenters. The third-order valence-electron chi connectivity index (χ3n) is 4.22. The van der Waals surface area contributed by atoms with Gasteiger partial charge in [0.05, 0.1) is 17.7 Å². The van der Waals surface area contributed by atoms with Crippen molar-refractivity contribution in [1.82, 2.24) is 4.90 Å². The average molecular weight is 301 g/mol. The first kappa shape index (κ1) is 14.8. The second-order valence-corrected chi connectivity index (χ2v) is 5.72. The summed E-state index contributed by atoms with van der Waals surface area (Å²) in [5, 5.41) is 10.1. The predicted octanol–water partition coefficient (Wildman–Crippen LogP) is 2.15. The van der Waals surface area contributed by atoms with Crippen LogP contribution in [0.5, 0.6) is 0 Å². The van der Waals surface area contributed by atoms with Crippen molar-refractivity contribution in [3.63, 3.8) is 0 Å². The quantitative estimate of drug-likeness (QED) is 0.925. The van der Waals surface area contributed by atoms with E-state index < -0.39 is 17.7 Å². The van der Waals surface area contributed by atoms with E-state index in [9.17, 15) is 14.7 Å². The molecule has 116 valence electrons. The van der Waals surface area contributed by atoms with Crippen molar-refractivity contribution in [2.24, 2.45) is 0 Å². The van der Waals surface area contributed by atoms with E-state index in [1.54, 1.807) is 4.90 Å². The second-order valence-electron chi connectivity index (χ2n) is 5.72. The molecular formula is C17H19NO4. The van der Waals surface area contributed by atoms with Crippen LogP contribution in [0.3, 0.4) is 0 Å². The van der Waals surface area contributed by atoms with Crippen molar-refractivity contribution in [3.05, 3.63) is 47.2 Å². The Balaban J connectivity index is 1.97. The van der Waals surface area contributed by atoms with E-state index in [2.05, 4.69) is 0 Å². The van der Waals surface area contributed by atoms with Gasteiger partial charge in [-0.25, -0.2) is 0 Å². The Morgan fingerprint density at radius 3 is 2.68 bits per heavy atom. The zero-order chi connectivity index (χ0) is 15.7. The molecule has 0 aromatic heterocycles. The minimum Gasteiger partial charge on any atom is -0.503 e. The number of ketones is 1. The van der Waals surface area contributed by atoms with Crippen LogP contribution in [0.25, 0.3) is 0 Å². The Hall–Kier alpha value is -2.14. The van der Waals surface area contributed by atoms with E-state index in [4.69, 9.17) is 4.74 Å². The molecular weight excluding hydrogens is 282 g/mol. The molecule has 2 heterocycles. The van der Waals surface area contributed by atoms with Crippen LogP contribution in [-0.2, 0) is 14.3 Å². The minimum absolute atomic E-state index is 0.0331. The van der Waals surface area contributed by atoms with Crippen molar-refractivity contribution >= 4 is 11.7 Å². The first-order valence-corrected chi connectivity index (χ1v) is 7.51. The highest BCUT2D eigenvalue weighted by Crippen LogP contribution is 2.38. The first-order chi connectivity index (χ1) is 10.6. The maximum Gasteiger partial charge on any atom is 0.290 e. The van der Waals surface area contributed by atoms with Gasteiger partial charge in [-0.3, -0.25) is 9.59 Å². The highest BCUT2D eigenvalue weighted by molar-refractivity contribution is 6.08. The number of benzene rings is 1. The van der Waals surface area contributed by atoms with Crippen LogP contribution in [0.4, 0.5) is 0 Å². The number of hydrogen-bond acceptors (Lipinski definition) is 4. The molecule has 1 saturated heterocycles. The molecule has 1 fully saturated rings. The molecule has 2 unspecified atom stereocenters. The molecule has 2 aliphatic rings. The van der Waals surface area contributed by atoms with Crippen LogP contribution in [0.15, 0.2) is 41.7 Å². The van der Waals surface area contributed by atoms with Crippen LogP contribution in [0, 0.1) is 0 Å². The van der Waals surface area contributed by atoms with Gasteiger partial charge in [-0.1, -0.05) is 30.3 Å². The fraction of sp³-hybridized carbons (Fsp3) is 0.412. The maximum absolute atomic E-state index is 12.4. The number of amides is 1. The second kappa shape index (κ2) is 5.93. The highest BCUT2D eigenvalue weighted by Gasteiger charge is 2.43. The lowest BCUT2D eigenvalue weighted by atomic mass is 9.96. The lowest BCUT2D eigenvalue weighted by Crippen LogP contribution is -2.37. The topological polar surface area (TPSA) is 66.8 Å². The smallest absolute Gasteiger partial charge is 0.290 e. The van der Waals surface area contributed by atoms with Gasteiger partial charge in [0.1, 0.15) is 0 Å². The number of aliphatic hydroxyl groups is 1. The standard InChI is InChI=1S/C17H19NO4/c1-11(19)14-15(12-6-3-2-4-7-12)18(17(21)16(14)20)10-13-8-5-9-22-13/h2-4,6-7,13,15,20H,5,8-10H2,1H3. The number of rotatable bonds is 4. The Kier molecular flexibility index (Phi) is 3.98. The first-order valence-electron chi connectivity index (χ1n) is 7.51. The molecule has 5 heteroatoms. The molecule has 1 amide bonds. The predicted molar refractivity (Wildman–Crippen MR) is 80.2 cm³/mol. The maximum atomic E-state index is 12.4. The van der Waals surface area contributed by atoms with Gasteiger partial charge in [-0.05, 0) is 25.3 Å². The summed E-state index contributed by atoms with van der Waals surface area (Å²) in [6.07, 6.45) is 1.83. The summed E-state index contributed by atoms with van der Waals surface area (Å²) in [6, 6.07) is 8.79. The van der Waals surface area contributed by atoms with Gasteiger partial charge in [-0.2, -0.15) is 0 Å². The van der Waals surface area contributed by atoms with Crippen molar-refractivity contribution in [2.75, 3.05) is 13.2 Å². The number of nitrogens with zero attached hydrogens (tertiary/aromatic N) is 1. The molecule has 3 rings (SSSR count). The van der Waals surface area contributed by atoms with Gasteiger partial charge in [0.2, 0.25) is 0 Å². The lowest BCUT2D eigenvalue weighted by molar-refractivity contribution is -0.131. The van der Waals surface area contributed by atoms with E-state index in [0.29, 0.717) is 13.2 Å². The van der Waals surface area contributed by atoms with Gasteiger partial charge < -0.3 is 14.7 Å². The zero-order valence-electron chi connectivity index (χ0n) is 12.5. The normalized spacial score (nSPS) is 25.1. The Bertz CT molecular complexity index is 617. The van der Waals surface area contributed by atoms with Crippen LogP contribution >= 0.6 is 0 Å². The Morgan fingerprint density at radius 2 is 2.09 bits per heavy atom. The number of ether oxygens (including phenoxy) is 1. The molecule has 0 bridgehead atoms. The van der Waals surface area contributed by atoms with Crippen LogP contribution in [0.1, 0.15) is 31.4 Å². The summed E-state index contributed by atoms with van der Waals surface area (Å²) < 4.78 is 5.60. The average Bonchev–Trinajstić information content (AvgIpc) is 3.10. The molecule has 0 aliphatic carbocycles. The molecule has 5 nitrogen and oxygen atoms in total. The molecule has 1 aromatic carbocycles. The molecule has 22 heavy (non-hydrogen) atoms. The summed E-state index contributed by atoms with van der Waals surface area (Å²) in [5.41, 5.74) is 0.997. The summed E-state index contributed by atoms with van der Waals surface area (Å²) in [5.74, 6) is -1.21. The van der Waals surface area contributed by atoms with Crippen molar-refractivity contribution < 1.29 is 19.4 Å². The zero-order valence-corrected chi connectivity index (χ0v) is 12.5. The van der Waals surface area contributed by atoms with E-state index in [1.165, 1.54) is 6.92 Å². The highest BCUT2D eigenvalue weighted by atomic mass is 16.5. The molecule has 0 spiro atoms. The molecule has 1 aromatic rings. The summed E-state index contributed by atoms with van der Waals surface area (Å²) in [7, 11) is 0. The van der Waals surface area contributed by atoms with E-state index >= 15 is 0 Å². The van der Waals surface area contributed by atoms with Gasteiger partial charge in [0, 0.05) is 13.2 Å². The molecule has 2 aliphatic heterocycles. The van der Waals surface area contributed by atoms with Crippen LogP contribution in [0.2, 0.25) is 0 Å². The van der Waals surface area contributed by atoms with Crippen molar-refractivity contribution in [3.8, 4) is 0 Å². The molecule has 1 N–H and O–H groups in total. The van der Waals surface area contributed by atoms with Crippen molar-refractivity contribution in [2.45, 2.75) is 31.9 Å². The third-order valence-corrected chi connectivity index (χ3v) is 4.22.